The molecule has 3 aromatic rings. The van der Waals surface area contributed by atoms with Crippen molar-refractivity contribution in [3.8, 4) is 0 Å². The molecule has 0 bridgehead atoms. The number of anilines is 1. The van der Waals surface area contributed by atoms with Gasteiger partial charge in [0.05, 0.1) is 19.5 Å². The van der Waals surface area contributed by atoms with Crippen molar-refractivity contribution in [1.29, 1.82) is 0 Å². The number of hydrogen-bond donors (Lipinski definition) is 2. The molecule has 1 atom stereocenters. The van der Waals surface area contributed by atoms with Gasteiger partial charge in [-0.15, -0.1) is 0 Å². The zero-order chi connectivity index (χ0) is 22.2. The van der Waals surface area contributed by atoms with Crippen LogP contribution >= 0.6 is 20.0 Å². The summed E-state index contributed by atoms with van der Waals surface area (Å²) in [6.45, 7) is 2.73. The monoisotopic (exact) mass is 467 g/mol. The van der Waals surface area contributed by atoms with E-state index in [1.807, 2.05) is 12.1 Å². The standard InChI is InChI=1S/C19H23ClN5O5P/c1-2-15(26)10-30-31(29-9-13-4-3-5-14(20)8-13)12-28-7-6-25-11-22-16-17(25)23-19(21)24-18(16)27/h3-5,8,11H,2,6-7,9-10,12H2,1H3,(H3,21,23,24,27). The Labute approximate surface area is 184 Å². The molecule has 0 radical (unpaired) electrons. The molecule has 166 valence electrons. The molecule has 3 rings (SSSR count). The number of aromatic nitrogens is 4. The van der Waals surface area contributed by atoms with Crippen LogP contribution in [0.5, 0.6) is 0 Å². The number of imidazole rings is 1. The predicted molar refractivity (Wildman–Crippen MR) is 118 cm³/mol. The first kappa shape index (κ1) is 23.3. The van der Waals surface area contributed by atoms with Crippen LogP contribution in [0.1, 0.15) is 18.9 Å². The number of aromatic amines is 1. The first-order chi connectivity index (χ1) is 15.0. The molecular formula is C19H23ClN5O5P. The summed E-state index contributed by atoms with van der Waals surface area (Å²) in [5, 5.41) is 0.615. The number of fused-ring (bicyclic) bond motifs is 1. The Morgan fingerprint density at radius 1 is 1.35 bits per heavy atom. The number of ether oxygens (including phenoxy) is 1. The van der Waals surface area contributed by atoms with Crippen LogP contribution in [0.25, 0.3) is 11.2 Å². The number of ketones is 1. The number of nitrogens with one attached hydrogen (secondary N) is 1. The highest BCUT2D eigenvalue weighted by molar-refractivity contribution is 7.47. The molecule has 0 saturated carbocycles. The van der Waals surface area contributed by atoms with Gasteiger partial charge in [-0.1, -0.05) is 30.7 Å². The summed E-state index contributed by atoms with van der Waals surface area (Å²) < 4.78 is 18.8. The fourth-order valence-electron chi connectivity index (χ4n) is 2.57. The summed E-state index contributed by atoms with van der Waals surface area (Å²) >= 11 is 6.00. The Morgan fingerprint density at radius 2 is 2.19 bits per heavy atom. The number of nitrogens with two attached hydrogens (primary N) is 1. The lowest BCUT2D eigenvalue weighted by atomic mass is 10.2. The summed E-state index contributed by atoms with van der Waals surface area (Å²) in [4.78, 5) is 34.0. The number of rotatable bonds is 12. The molecule has 0 aliphatic carbocycles. The SMILES string of the molecule is CCC(=O)COP(COCCn1cnc2c(=O)[nH]c(N)nc21)OCc1cccc(Cl)c1. The highest BCUT2D eigenvalue weighted by atomic mass is 35.5. The van der Waals surface area contributed by atoms with E-state index in [0.29, 0.717) is 30.2 Å². The molecule has 0 spiro atoms. The van der Waals surface area contributed by atoms with Gasteiger partial charge in [0.15, 0.2) is 25.3 Å². The minimum Gasteiger partial charge on any atom is -0.370 e. The third kappa shape index (κ3) is 6.81. The van der Waals surface area contributed by atoms with E-state index >= 15 is 0 Å². The minimum absolute atomic E-state index is 0.0161. The smallest absolute Gasteiger partial charge is 0.280 e. The summed E-state index contributed by atoms with van der Waals surface area (Å²) in [5.74, 6) is 0.00437. The summed E-state index contributed by atoms with van der Waals surface area (Å²) in [7, 11) is -1.45. The van der Waals surface area contributed by atoms with Crippen molar-refractivity contribution >= 4 is 42.9 Å². The van der Waals surface area contributed by atoms with E-state index in [9.17, 15) is 9.59 Å². The second kappa shape index (κ2) is 11.3. The molecule has 0 aliphatic rings. The molecule has 1 aromatic carbocycles. The number of H-pyrrole nitrogens is 1. The zero-order valence-electron chi connectivity index (χ0n) is 16.9. The fraction of sp³-hybridized carbons (Fsp3) is 0.368. The van der Waals surface area contributed by atoms with E-state index in [4.69, 9.17) is 31.1 Å². The molecule has 31 heavy (non-hydrogen) atoms. The van der Waals surface area contributed by atoms with Crippen LogP contribution in [0.15, 0.2) is 35.4 Å². The largest absolute Gasteiger partial charge is 0.370 e. The van der Waals surface area contributed by atoms with Gasteiger partial charge in [0.2, 0.25) is 5.95 Å². The molecule has 12 heteroatoms. The van der Waals surface area contributed by atoms with Crippen molar-refractivity contribution in [2.75, 3.05) is 25.3 Å². The number of Topliss-reactive ketones (excluding diaryl/α,β-unsaturated/α-hetero) is 1. The highest BCUT2D eigenvalue weighted by Crippen LogP contribution is 2.39. The van der Waals surface area contributed by atoms with Crippen LogP contribution in [0.2, 0.25) is 5.02 Å². The van der Waals surface area contributed by atoms with Crippen LogP contribution in [0.4, 0.5) is 5.95 Å². The van der Waals surface area contributed by atoms with Crippen LogP contribution in [-0.4, -0.2) is 44.9 Å². The molecule has 0 amide bonds. The molecule has 10 nitrogen and oxygen atoms in total. The lowest BCUT2D eigenvalue weighted by Gasteiger charge is -2.17. The summed E-state index contributed by atoms with van der Waals surface area (Å²) in [6, 6.07) is 7.31. The van der Waals surface area contributed by atoms with Crippen LogP contribution in [0, 0.1) is 0 Å². The highest BCUT2D eigenvalue weighted by Gasteiger charge is 2.15. The number of carbonyl (C=O) groups is 1. The van der Waals surface area contributed by atoms with Crippen molar-refractivity contribution < 1.29 is 18.6 Å². The van der Waals surface area contributed by atoms with E-state index in [0.717, 1.165) is 5.56 Å². The second-order valence-electron chi connectivity index (χ2n) is 6.50. The van der Waals surface area contributed by atoms with Crippen LogP contribution < -0.4 is 11.3 Å². The molecular weight excluding hydrogens is 445 g/mol. The number of hydrogen-bond acceptors (Lipinski definition) is 8. The number of benzene rings is 1. The number of nitrogens with zero attached hydrogens (tertiary/aromatic N) is 3. The van der Waals surface area contributed by atoms with Gasteiger partial charge in [-0.25, -0.2) is 4.98 Å². The quantitative estimate of drug-likeness (QED) is 0.306. The van der Waals surface area contributed by atoms with Gasteiger partial charge in [0.1, 0.15) is 13.0 Å². The Kier molecular flexibility index (Phi) is 8.51. The van der Waals surface area contributed by atoms with E-state index in [-0.39, 0.29) is 36.8 Å². The Bertz CT molecular complexity index is 1090. The first-order valence-electron chi connectivity index (χ1n) is 9.54. The van der Waals surface area contributed by atoms with Gasteiger partial charge >= 0.3 is 0 Å². The summed E-state index contributed by atoms with van der Waals surface area (Å²) in [6.07, 6.45) is 2.07. The lowest BCUT2D eigenvalue weighted by Crippen LogP contribution is -2.13. The third-order valence-corrected chi connectivity index (χ3v) is 5.66. The van der Waals surface area contributed by atoms with Crippen LogP contribution in [-0.2, 0) is 31.7 Å². The fourth-order valence-corrected chi connectivity index (χ4v) is 3.86. The first-order valence-corrected chi connectivity index (χ1v) is 11.3. The van der Waals surface area contributed by atoms with E-state index in [2.05, 4.69) is 15.0 Å². The van der Waals surface area contributed by atoms with Crippen molar-refractivity contribution in [3.05, 3.63) is 51.5 Å². The Balaban J connectivity index is 1.54. The number of carbonyl (C=O) groups excluding carboxylic acids is 1. The van der Waals surface area contributed by atoms with Gasteiger partial charge in [0, 0.05) is 18.0 Å². The molecule has 3 N–H and O–H groups in total. The number of halogens is 1. The normalized spacial score (nSPS) is 12.3. The molecule has 0 fully saturated rings. The van der Waals surface area contributed by atoms with Gasteiger partial charge in [0.25, 0.3) is 5.56 Å². The average molecular weight is 468 g/mol. The zero-order valence-corrected chi connectivity index (χ0v) is 18.6. The van der Waals surface area contributed by atoms with Crippen molar-refractivity contribution in [3.63, 3.8) is 0 Å². The maximum Gasteiger partial charge on any atom is 0.280 e. The van der Waals surface area contributed by atoms with Crippen molar-refractivity contribution in [2.45, 2.75) is 26.5 Å². The van der Waals surface area contributed by atoms with Gasteiger partial charge < -0.3 is 24.1 Å². The molecule has 2 aromatic heterocycles. The van der Waals surface area contributed by atoms with E-state index < -0.39 is 13.9 Å². The van der Waals surface area contributed by atoms with Crippen molar-refractivity contribution in [1.82, 2.24) is 19.5 Å². The van der Waals surface area contributed by atoms with E-state index in [1.165, 1.54) is 6.33 Å². The predicted octanol–water partition coefficient (Wildman–Crippen LogP) is 2.85. The second-order valence-corrected chi connectivity index (χ2v) is 8.38. The van der Waals surface area contributed by atoms with Crippen LogP contribution in [0.3, 0.4) is 0 Å². The number of nitrogen functional groups attached to an aromatic ring is 1. The molecule has 0 saturated heterocycles. The summed E-state index contributed by atoms with van der Waals surface area (Å²) in [5.41, 5.74) is 6.69. The average Bonchev–Trinajstić information content (AvgIpc) is 3.15. The van der Waals surface area contributed by atoms with Crippen molar-refractivity contribution in [2.24, 2.45) is 0 Å². The molecule has 0 aliphatic heterocycles. The van der Waals surface area contributed by atoms with Gasteiger partial charge in [-0.05, 0) is 17.7 Å². The Hall–Kier alpha value is -2.36. The van der Waals surface area contributed by atoms with Gasteiger partial charge in [-0.3, -0.25) is 14.6 Å². The minimum atomic E-state index is -1.45. The molecule has 2 heterocycles. The molecule has 1 unspecified atom stereocenters. The lowest BCUT2D eigenvalue weighted by molar-refractivity contribution is -0.120. The maximum absolute atomic E-state index is 11.8. The topological polar surface area (TPSA) is 134 Å². The van der Waals surface area contributed by atoms with Gasteiger partial charge in [-0.2, -0.15) is 4.98 Å². The maximum atomic E-state index is 11.8. The Morgan fingerprint density at radius 3 is 2.97 bits per heavy atom. The third-order valence-electron chi connectivity index (χ3n) is 4.19. The van der Waals surface area contributed by atoms with E-state index in [1.54, 1.807) is 23.6 Å².